The summed E-state index contributed by atoms with van der Waals surface area (Å²) in [5, 5.41) is 0. The Balaban J connectivity index is 1.74. The van der Waals surface area contributed by atoms with Crippen molar-refractivity contribution in [3.05, 3.63) is 131 Å². The summed E-state index contributed by atoms with van der Waals surface area (Å²) in [4.78, 5) is -0.398. The molecule has 0 heterocycles. The molecule has 0 aliphatic rings. The SMILES string of the molecule is Cc1ccc(S(=O)(=O)O[C@@H](C)[C@@H](OS(=O)(=O)c2ccc(C)cc2)P(=O)(OCc2ccccc2)OCc2ccccc2)cc1. The zero-order valence-corrected chi connectivity index (χ0v) is 26.4. The predicted molar refractivity (Wildman–Crippen MR) is 162 cm³/mol. The Morgan fingerprint density at radius 2 is 0.953 bits per heavy atom. The van der Waals surface area contributed by atoms with Gasteiger partial charge in [-0.2, -0.15) is 16.8 Å². The molecule has 12 heteroatoms. The van der Waals surface area contributed by atoms with Gasteiger partial charge in [-0.1, -0.05) is 96.1 Å². The predicted octanol–water partition coefficient (Wildman–Crippen LogP) is 6.76. The maximum atomic E-state index is 14.6. The standard InChI is InChI=1S/C31H33O9PS2/c1-24-14-18-29(19-15-24)42(33,34)39-26(3)31(40-43(35,36)30-20-16-25(2)17-21-30)41(32,37-22-27-10-6-4-7-11-27)38-23-28-12-8-5-9-13-28/h4-21,26,31H,22-23H2,1-3H3/t26-,31-/m0/s1. The molecule has 0 aromatic heterocycles. The van der Waals surface area contributed by atoms with Crippen LogP contribution in [0.15, 0.2) is 119 Å². The molecule has 2 atom stereocenters. The quantitative estimate of drug-likeness (QED) is 0.108. The van der Waals surface area contributed by atoms with E-state index in [0.29, 0.717) is 11.1 Å². The average Bonchev–Trinajstić information content (AvgIpc) is 2.99. The minimum atomic E-state index is -4.62. The monoisotopic (exact) mass is 644 g/mol. The summed E-state index contributed by atoms with van der Waals surface area (Å²) in [6.45, 7) is 4.34. The number of hydrogen-bond acceptors (Lipinski definition) is 9. The molecule has 0 aliphatic heterocycles. The van der Waals surface area contributed by atoms with Gasteiger partial charge in [0.25, 0.3) is 20.2 Å². The van der Waals surface area contributed by atoms with E-state index < -0.39 is 39.8 Å². The van der Waals surface area contributed by atoms with Crippen LogP contribution in [0.4, 0.5) is 0 Å². The second-order valence-electron chi connectivity index (χ2n) is 9.88. The Labute approximate surface area is 253 Å². The van der Waals surface area contributed by atoms with E-state index in [0.717, 1.165) is 11.1 Å². The minimum Gasteiger partial charge on any atom is -0.302 e. The van der Waals surface area contributed by atoms with Gasteiger partial charge in [-0.3, -0.25) is 8.75 Å². The summed E-state index contributed by atoms with van der Waals surface area (Å²) >= 11 is 0. The molecule has 0 aliphatic carbocycles. The van der Waals surface area contributed by atoms with Crippen molar-refractivity contribution in [2.75, 3.05) is 0 Å². The average molecular weight is 645 g/mol. The molecule has 0 spiro atoms. The summed E-state index contributed by atoms with van der Waals surface area (Å²) in [5.41, 5.74) is 2.86. The molecule has 0 saturated carbocycles. The molecule has 4 aromatic carbocycles. The van der Waals surface area contributed by atoms with Crippen molar-refractivity contribution in [1.82, 2.24) is 0 Å². The smallest absolute Gasteiger partial charge is 0.302 e. The van der Waals surface area contributed by atoms with Crippen LogP contribution >= 0.6 is 7.60 Å². The number of benzene rings is 4. The molecule has 43 heavy (non-hydrogen) atoms. The van der Waals surface area contributed by atoms with Crippen LogP contribution in [0.3, 0.4) is 0 Å². The third-order valence-corrected chi connectivity index (χ3v) is 11.3. The molecule has 9 nitrogen and oxygen atoms in total. The lowest BCUT2D eigenvalue weighted by Crippen LogP contribution is -2.34. The molecule has 0 amide bonds. The lowest BCUT2D eigenvalue weighted by atomic mass is 10.2. The summed E-state index contributed by atoms with van der Waals surface area (Å²) < 4.78 is 90.6. The molecule has 228 valence electrons. The lowest BCUT2D eigenvalue weighted by Gasteiger charge is -2.30. The Morgan fingerprint density at radius 3 is 1.35 bits per heavy atom. The van der Waals surface area contributed by atoms with Crippen LogP contribution in [-0.4, -0.2) is 28.8 Å². The molecule has 0 unspecified atom stereocenters. The van der Waals surface area contributed by atoms with Crippen molar-refractivity contribution >= 4 is 27.8 Å². The van der Waals surface area contributed by atoms with Crippen molar-refractivity contribution in [3.63, 3.8) is 0 Å². The van der Waals surface area contributed by atoms with Crippen LogP contribution in [0.5, 0.6) is 0 Å². The van der Waals surface area contributed by atoms with Gasteiger partial charge in [-0.05, 0) is 56.2 Å². The first-order chi connectivity index (χ1) is 20.4. The van der Waals surface area contributed by atoms with Crippen molar-refractivity contribution in [2.45, 2.75) is 55.7 Å². The second-order valence-corrected chi connectivity index (χ2v) is 15.1. The topological polar surface area (TPSA) is 122 Å². The van der Waals surface area contributed by atoms with Gasteiger partial charge in [0.2, 0.25) is 5.85 Å². The number of rotatable bonds is 14. The van der Waals surface area contributed by atoms with E-state index in [1.807, 2.05) is 0 Å². The van der Waals surface area contributed by atoms with Gasteiger partial charge >= 0.3 is 7.60 Å². The fourth-order valence-corrected chi connectivity index (χ4v) is 8.47. The van der Waals surface area contributed by atoms with Crippen LogP contribution in [0.1, 0.15) is 29.2 Å². The Hall–Kier alpha value is -3.15. The fourth-order valence-electron chi connectivity index (χ4n) is 3.95. The van der Waals surface area contributed by atoms with Crippen LogP contribution in [-0.2, 0) is 55.4 Å². The zero-order chi connectivity index (χ0) is 31.1. The molecule has 0 radical (unpaired) electrons. The first-order valence-corrected chi connectivity index (χ1v) is 17.8. The molecular weight excluding hydrogens is 611 g/mol. The number of hydrogen-bond donors (Lipinski definition) is 0. The van der Waals surface area contributed by atoms with Crippen molar-refractivity contribution < 1.29 is 38.8 Å². The van der Waals surface area contributed by atoms with Gasteiger partial charge in [-0.15, -0.1) is 0 Å². The highest BCUT2D eigenvalue weighted by Gasteiger charge is 2.47. The van der Waals surface area contributed by atoms with Gasteiger partial charge in [0.05, 0.1) is 23.0 Å². The lowest BCUT2D eigenvalue weighted by molar-refractivity contribution is 0.0800. The first kappa shape index (κ1) is 32.8. The van der Waals surface area contributed by atoms with Crippen molar-refractivity contribution in [2.24, 2.45) is 0 Å². The summed E-state index contributed by atoms with van der Waals surface area (Å²) in [5.74, 6) is -2.01. The molecular formula is C31H33O9PS2. The van der Waals surface area contributed by atoms with E-state index in [2.05, 4.69) is 0 Å². The summed E-state index contributed by atoms with van der Waals surface area (Å²) in [6.07, 6.45) is -1.64. The van der Waals surface area contributed by atoms with E-state index in [1.165, 1.54) is 31.2 Å². The molecule has 0 N–H and O–H groups in total. The molecule has 4 rings (SSSR count). The largest absolute Gasteiger partial charge is 0.364 e. The third-order valence-electron chi connectivity index (χ3n) is 6.34. The van der Waals surface area contributed by atoms with Crippen LogP contribution < -0.4 is 0 Å². The van der Waals surface area contributed by atoms with Gasteiger partial charge in [0, 0.05) is 0 Å². The maximum absolute atomic E-state index is 14.6. The first-order valence-electron chi connectivity index (χ1n) is 13.3. The van der Waals surface area contributed by atoms with E-state index >= 15 is 0 Å². The summed E-state index contributed by atoms with van der Waals surface area (Å²) in [7, 11) is -13.7. The zero-order valence-electron chi connectivity index (χ0n) is 23.9. The normalized spacial score (nSPS) is 13.8. The van der Waals surface area contributed by atoms with Gasteiger partial charge in [-0.25, -0.2) is 4.18 Å². The second kappa shape index (κ2) is 14.1. The van der Waals surface area contributed by atoms with E-state index in [1.54, 1.807) is 98.8 Å². The third kappa shape index (κ3) is 8.93. The number of aryl methyl sites for hydroxylation is 2. The van der Waals surface area contributed by atoms with Gasteiger partial charge in [0.15, 0.2) is 0 Å². The Bertz CT molecular complexity index is 1700. The van der Waals surface area contributed by atoms with E-state index in [4.69, 9.17) is 17.4 Å². The Kier molecular flexibility index (Phi) is 10.7. The summed E-state index contributed by atoms with van der Waals surface area (Å²) in [6, 6.07) is 29.2. The van der Waals surface area contributed by atoms with Gasteiger partial charge < -0.3 is 9.05 Å². The van der Waals surface area contributed by atoms with E-state index in [-0.39, 0.29) is 23.0 Å². The highest BCUT2D eigenvalue weighted by molar-refractivity contribution is 7.87. The highest BCUT2D eigenvalue weighted by Crippen LogP contribution is 2.57. The maximum Gasteiger partial charge on any atom is 0.364 e. The molecule has 0 fully saturated rings. The van der Waals surface area contributed by atoms with Crippen LogP contribution in [0, 0.1) is 13.8 Å². The highest BCUT2D eigenvalue weighted by atomic mass is 32.2. The van der Waals surface area contributed by atoms with Gasteiger partial charge in [0.1, 0.15) is 6.10 Å². The molecule has 4 aromatic rings. The van der Waals surface area contributed by atoms with Crippen molar-refractivity contribution in [1.29, 1.82) is 0 Å². The van der Waals surface area contributed by atoms with E-state index in [9.17, 15) is 21.4 Å². The Morgan fingerprint density at radius 1 is 0.581 bits per heavy atom. The van der Waals surface area contributed by atoms with Crippen molar-refractivity contribution in [3.8, 4) is 0 Å². The fraction of sp³-hybridized carbons (Fsp3) is 0.226. The molecule has 0 saturated heterocycles. The minimum absolute atomic E-state index is 0.171. The molecule has 0 bridgehead atoms. The van der Waals surface area contributed by atoms with Crippen LogP contribution in [0.2, 0.25) is 0 Å². The van der Waals surface area contributed by atoms with Crippen LogP contribution in [0.25, 0.3) is 0 Å².